The molecule has 0 amide bonds. The fourth-order valence-corrected chi connectivity index (χ4v) is 2.10. The van der Waals surface area contributed by atoms with E-state index in [1.165, 1.54) is 0 Å². The predicted molar refractivity (Wildman–Crippen MR) is 69.0 cm³/mol. The molecular formula is C11H7IN2O2. The summed E-state index contributed by atoms with van der Waals surface area (Å²) in [6.07, 6.45) is 1.58. The lowest BCUT2D eigenvalue weighted by molar-refractivity contribution is -0.385. The molecule has 1 aromatic heterocycles. The molecule has 4 nitrogen and oxygen atoms in total. The molecule has 2 aromatic rings. The molecule has 16 heavy (non-hydrogen) atoms. The number of aromatic nitrogens is 1. The van der Waals surface area contributed by atoms with Gasteiger partial charge < -0.3 is 0 Å². The Morgan fingerprint density at radius 2 is 1.88 bits per heavy atom. The molecule has 0 aliphatic carbocycles. The van der Waals surface area contributed by atoms with Crippen molar-refractivity contribution in [2.24, 2.45) is 0 Å². The van der Waals surface area contributed by atoms with E-state index in [1.807, 2.05) is 52.9 Å². The largest absolute Gasteiger partial charge is 0.308 e. The van der Waals surface area contributed by atoms with Crippen LogP contribution in [0.4, 0.5) is 5.69 Å². The van der Waals surface area contributed by atoms with E-state index in [1.54, 1.807) is 12.3 Å². The summed E-state index contributed by atoms with van der Waals surface area (Å²) >= 11 is 1.88. The molecular weight excluding hydrogens is 319 g/mol. The Bertz CT molecular complexity index is 529. The molecule has 0 saturated carbocycles. The normalized spacial score (nSPS) is 10.1. The average molecular weight is 326 g/mol. The molecule has 0 radical (unpaired) electrons. The molecule has 1 heterocycles. The standard InChI is InChI=1S/C11H7IN2O2/c12-11-10(14(15)16)9(6-7-13-11)8-4-2-1-3-5-8/h1-7H. The summed E-state index contributed by atoms with van der Waals surface area (Å²) in [6.45, 7) is 0. The van der Waals surface area contributed by atoms with Crippen LogP contribution in [0.5, 0.6) is 0 Å². The van der Waals surface area contributed by atoms with Crippen LogP contribution in [0.2, 0.25) is 0 Å². The van der Waals surface area contributed by atoms with E-state index in [-0.39, 0.29) is 5.69 Å². The van der Waals surface area contributed by atoms with E-state index in [4.69, 9.17) is 0 Å². The zero-order valence-corrected chi connectivity index (χ0v) is 10.3. The van der Waals surface area contributed by atoms with Crippen LogP contribution in [0, 0.1) is 13.8 Å². The third kappa shape index (κ3) is 2.04. The van der Waals surface area contributed by atoms with Crippen LogP contribution < -0.4 is 0 Å². The lowest BCUT2D eigenvalue weighted by atomic mass is 10.1. The van der Waals surface area contributed by atoms with Gasteiger partial charge in [-0.05, 0) is 34.2 Å². The number of nitro groups is 1. The van der Waals surface area contributed by atoms with E-state index in [0.29, 0.717) is 9.26 Å². The zero-order chi connectivity index (χ0) is 11.5. The van der Waals surface area contributed by atoms with Gasteiger partial charge in [0.2, 0.25) is 0 Å². The third-order valence-electron chi connectivity index (χ3n) is 2.15. The Kier molecular flexibility index (Phi) is 3.14. The molecule has 0 fully saturated rings. The van der Waals surface area contributed by atoms with E-state index in [9.17, 15) is 10.1 Å². The Morgan fingerprint density at radius 1 is 1.19 bits per heavy atom. The average Bonchev–Trinajstić information content (AvgIpc) is 2.29. The lowest BCUT2D eigenvalue weighted by Crippen LogP contribution is -1.97. The summed E-state index contributed by atoms with van der Waals surface area (Å²) in [6, 6.07) is 10.9. The zero-order valence-electron chi connectivity index (χ0n) is 8.13. The van der Waals surface area contributed by atoms with Crippen molar-refractivity contribution in [1.29, 1.82) is 0 Å². The van der Waals surface area contributed by atoms with Gasteiger partial charge in [-0.15, -0.1) is 0 Å². The number of halogens is 1. The first-order valence-corrected chi connectivity index (χ1v) is 5.62. The smallest absolute Gasteiger partial charge is 0.258 e. The highest BCUT2D eigenvalue weighted by Crippen LogP contribution is 2.31. The second kappa shape index (κ2) is 4.56. The molecule has 0 unspecified atom stereocenters. The Hall–Kier alpha value is -1.50. The highest BCUT2D eigenvalue weighted by Gasteiger charge is 2.19. The molecule has 0 spiro atoms. The quantitative estimate of drug-likeness (QED) is 0.368. The summed E-state index contributed by atoms with van der Waals surface area (Å²) in [4.78, 5) is 14.5. The summed E-state index contributed by atoms with van der Waals surface area (Å²) in [5, 5.41) is 11.0. The molecule has 0 bridgehead atoms. The maximum absolute atomic E-state index is 11.0. The first-order valence-electron chi connectivity index (χ1n) is 4.54. The van der Waals surface area contributed by atoms with Gasteiger partial charge in [-0.1, -0.05) is 30.3 Å². The van der Waals surface area contributed by atoms with Gasteiger partial charge in [-0.3, -0.25) is 10.1 Å². The van der Waals surface area contributed by atoms with Gasteiger partial charge in [0.05, 0.1) is 10.5 Å². The fraction of sp³-hybridized carbons (Fsp3) is 0. The number of hydrogen-bond acceptors (Lipinski definition) is 3. The fourth-order valence-electron chi connectivity index (χ4n) is 1.45. The van der Waals surface area contributed by atoms with Gasteiger partial charge in [0.25, 0.3) is 0 Å². The minimum Gasteiger partial charge on any atom is -0.258 e. The van der Waals surface area contributed by atoms with E-state index >= 15 is 0 Å². The van der Waals surface area contributed by atoms with Crippen LogP contribution in [-0.4, -0.2) is 9.91 Å². The van der Waals surface area contributed by atoms with Crippen LogP contribution in [0.15, 0.2) is 42.6 Å². The summed E-state index contributed by atoms with van der Waals surface area (Å²) < 4.78 is 0.406. The van der Waals surface area contributed by atoms with Crippen molar-refractivity contribution >= 4 is 28.3 Å². The van der Waals surface area contributed by atoms with E-state index < -0.39 is 4.92 Å². The van der Waals surface area contributed by atoms with E-state index in [2.05, 4.69) is 4.98 Å². The number of nitrogens with zero attached hydrogens (tertiary/aromatic N) is 2. The Labute approximate surface area is 106 Å². The van der Waals surface area contributed by atoms with Crippen LogP contribution in [0.25, 0.3) is 11.1 Å². The monoisotopic (exact) mass is 326 g/mol. The highest BCUT2D eigenvalue weighted by molar-refractivity contribution is 14.1. The van der Waals surface area contributed by atoms with Gasteiger partial charge in [0.1, 0.15) is 0 Å². The van der Waals surface area contributed by atoms with Crippen LogP contribution in [0.3, 0.4) is 0 Å². The number of benzene rings is 1. The van der Waals surface area contributed by atoms with Crippen molar-refractivity contribution in [3.8, 4) is 11.1 Å². The molecule has 0 saturated heterocycles. The van der Waals surface area contributed by atoms with Gasteiger partial charge in [0.15, 0.2) is 3.70 Å². The molecule has 1 aromatic carbocycles. The van der Waals surface area contributed by atoms with Crippen molar-refractivity contribution in [2.45, 2.75) is 0 Å². The molecule has 0 N–H and O–H groups in total. The minimum atomic E-state index is -0.392. The van der Waals surface area contributed by atoms with Gasteiger partial charge in [0, 0.05) is 6.20 Å². The second-order valence-electron chi connectivity index (χ2n) is 3.12. The molecule has 0 aliphatic heterocycles. The molecule has 2 rings (SSSR count). The summed E-state index contributed by atoms with van der Waals surface area (Å²) in [5.74, 6) is 0. The first-order chi connectivity index (χ1) is 7.70. The van der Waals surface area contributed by atoms with Gasteiger partial charge in [-0.2, -0.15) is 0 Å². The number of pyridine rings is 1. The Morgan fingerprint density at radius 3 is 2.50 bits per heavy atom. The van der Waals surface area contributed by atoms with Crippen molar-refractivity contribution in [2.75, 3.05) is 0 Å². The van der Waals surface area contributed by atoms with Crippen LogP contribution in [0.1, 0.15) is 0 Å². The molecule has 5 heteroatoms. The maximum Gasteiger partial charge on any atom is 0.308 e. The van der Waals surface area contributed by atoms with E-state index in [0.717, 1.165) is 5.56 Å². The first kappa shape index (κ1) is 11.0. The predicted octanol–water partition coefficient (Wildman–Crippen LogP) is 3.26. The molecule has 80 valence electrons. The van der Waals surface area contributed by atoms with Gasteiger partial charge >= 0.3 is 5.69 Å². The van der Waals surface area contributed by atoms with Crippen molar-refractivity contribution in [3.63, 3.8) is 0 Å². The topological polar surface area (TPSA) is 56.0 Å². The maximum atomic E-state index is 11.0. The van der Waals surface area contributed by atoms with Crippen LogP contribution >= 0.6 is 22.6 Å². The van der Waals surface area contributed by atoms with Crippen molar-refractivity contribution in [1.82, 2.24) is 4.98 Å². The Balaban J connectivity index is 2.66. The number of hydrogen-bond donors (Lipinski definition) is 0. The SMILES string of the molecule is O=[N+]([O-])c1c(-c2ccccc2)ccnc1I. The summed E-state index contributed by atoms with van der Waals surface area (Å²) in [7, 11) is 0. The summed E-state index contributed by atoms with van der Waals surface area (Å²) in [5.41, 5.74) is 1.49. The highest BCUT2D eigenvalue weighted by atomic mass is 127. The third-order valence-corrected chi connectivity index (χ3v) is 2.94. The van der Waals surface area contributed by atoms with Crippen molar-refractivity contribution in [3.05, 3.63) is 56.4 Å². The van der Waals surface area contributed by atoms with Crippen LogP contribution in [-0.2, 0) is 0 Å². The number of rotatable bonds is 2. The van der Waals surface area contributed by atoms with Gasteiger partial charge in [-0.25, -0.2) is 4.98 Å². The van der Waals surface area contributed by atoms with Crippen molar-refractivity contribution < 1.29 is 4.92 Å². The second-order valence-corrected chi connectivity index (χ2v) is 4.14. The lowest BCUT2D eigenvalue weighted by Gasteiger charge is -2.03. The molecule has 0 atom stereocenters. The molecule has 0 aliphatic rings. The minimum absolute atomic E-state index is 0.0642.